The molecule has 0 aliphatic carbocycles. The Bertz CT molecular complexity index is 481. The van der Waals surface area contributed by atoms with E-state index < -0.39 is 11.4 Å². The van der Waals surface area contributed by atoms with Gasteiger partial charge in [-0.15, -0.1) is 0 Å². The van der Waals surface area contributed by atoms with E-state index in [1.165, 1.54) is 12.3 Å². The maximum atomic E-state index is 13.6. The van der Waals surface area contributed by atoms with Crippen LogP contribution >= 0.6 is 15.9 Å². The molecule has 1 amide bonds. The number of carbonyl (C=O) groups excluding carboxylic acids is 1. The molecule has 0 radical (unpaired) electrons. The molecule has 4 nitrogen and oxygen atoms in total. The van der Waals surface area contributed by atoms with Crippen molar-refractivity contribution in [3.05, 3.63) is 29.8 Å². The fourth-order valence-electron chi connectivity index (χ4n) is 2.25. The summed E-state index contributed by atoms with van der Waals surface area (Å²) in [7, 11) is 0. The van der Waals surface area contributed by atoms with Crippen molar-refractivity contribution in [3.63, 3.8) is 0 Å². The Morgan fingerprint density at radius 1 is 1.68 bits per heavy atom. The number of hydrogen-bond donors (Lipinski definition) is 0. The summed E-state index contributed by atoms with van der Waals surface area (Å²) >= 11 is 3.36. The van der Waals surface area contributed by atoms with Crippen molar-refractivity contribution in [2.24, 2.45) is 0 Å². The van der Waals surface area contributed by atoms with Crippen molar-refractivity contribution in [1.82, 2.24) is 9.88 Å². The SMILES string of the molecule is CC1(C)CN(C(=O)c2ccncc2F)CC(CBr)O1. The third-order valence-corrected chi connectivity index (χ3v) is 3.67. The number of nitrogens with zero attached hydrogens (tertiary/aromatic N) is 2. The van der Waals surface area contributed by atoms with E-state index in [0.717, 1.165) is 6.20 Å². The average Bonchev–Trinajstić information content (AvgIpc) is 2.36. The van der Waals surface area contributed by atoms with E-state index in [0.29, 0.717) is 18.4 Å². The standard InChI is InChI=1S/C13H16BrFN2O2/c1-13(2)8-17(7-9(5-14)19-13)12(18)10-3-4-16-6-11(10)15/h3-4,6,9H,5,7-8H2,1-2H3. The predicted octanol–water partition coefficient (Wildman–Crippen LogP) is 2.24. The first kappa shape index (κ1) is 14.4. The van der Waals surface area contributed by atoms with Crippen LogP contribution in [0.3, 0.4) is 0 Å². The molecule has 104 valence electrons. The smallest absolute Gasteiger partial charge is 0.257 e. The van der Waals surface area contributed by atoms with Gasteiger partial charge >= 0.3 is 0 Å². The van der Waals surface area contributed by atoms with Gasteiger partial charge in [-0.3, -0.25) is 9.78 Å². The summed E-state index contributed by atoms with van der Waals surface area (Å²) in [6.07, 6.45) is 2.39. The van der Waals surface area contributed by atoms with E-state index in [1.54, 1.807) is 4.90 Å². The van der Waals surface area contributed by atoms with Gasteiger partial charge in [-0.25, -0.2) is 4.39 Å². The Morgan fingerprint density at radius 2 is 2.42 bits per heavy atom. The van der Waals surface area contributed by atoms with Crippen molar-refractivity contribution in [1.29, 1.82) is 0 Å². The molecule has 2 heterocycles. The van der Waals surface area contributed by atoms with Gasteiger partial charge in [0.15, 0.2) is 5.82 Å². The van der Waals surface area contributed by atoms with Crippen LogP contribution < -0.4 is 0 Å². The normalized spacial score (nSPS) is 22.3. The molecule has 1 fully saturated rings. The molecule has 0 N–H and O–H groups in total. The quantitative estimate of drug-likeness (QED) is 0.781. The highest BCUT2D eigenvalue weighted by molar-refractivity contribution is 9.09. The van der Waals surface area contributed by atoms with Gasteiger partial charge in [0, 0.05) is 24.6 Å². The van der Waals surface area contributed by atoms with Gasteiger partial charge in [-0.05, 0) is 19.9 Å². The fraction of sp³-hybridized carbons (Fsp3) is 0.538. The van der Waals surface area contributed by atoms with Crippen LogP contribution in [0, 0.1) is 5.82 Å². The van der Waals surface area contributed by atoms with Gasteiger partial charge in [0.2, 0.25) is 0 Å². The second kappa shape index (κ2) is 5.54. The van der Waals surface area contributed by atoms with Gasteiger partial charge < -0.3 is 9.64 Å². The maximum absolute atomic E-state index is 13.6. The Labute approximate surface area is 120 Å². The number of halogens is 2. The molecular weight excluding hydrogens is 315 g/mol. The number of morpholine rings is 1. The predicted molar refractivity (Wildman–Crippen MR) is 72.8 cm³/mol. The zero-order valence-electron chi connectivity index (χ0n) is 10.9. The van der Waals surface area contributed by atoms with Crippen LogP contribution in [0.4, 0.5) is 4.39 Å². The molecule has 1 aromatic rings. The molecule has 1 atom stereocenters. The number of alkyl halides is 1. The summed E-state index contributed by atoms with van der Waals surface area (Å²) in [5.41, 5.74) is -0.378. The molecule has 19 heavy (non-hydrogen) atoms. The monoisotopic (exact) mass is 330 g/mol. The van der Waals surface area contributed by atoms with E-state index in [4.69, 9.17) is 4.74 Å². The summed E-state index contributed by atoms with van der Waals surface area (Å²) in [6.45, 7) is 4.74. The van der Waals surface area contributed by atoms with Crippen LogP contribution in [0.1, 0.15) is 24.2 Å². The molecular formula is C13H16BrFN2O2. The third kappa shape index (κ3) is 3.30. The van der Waals surface area contributed by atoms with E-state index in [9.17, 15) is 9.18 Å². The van der Waals surface area contributed by atoms with Crippen LogP contribution in [-0.2, 0) is 4.74 Å². The molecule has 0 bridgehead atoms. The largest absolute Gasteiger partial charge is 0.368 e. The number of carbonyl (C=O) groups is 1. The molecule has 0 spiro atoms. The Kier molecular flexibility index (Phi) is 4.20. The molecule has 1 aromatic heterocycles. The number of aromatic nitrogens is 1. The maximum Gasteiger partial charge on any atom is 0.257 e. The van der Waals surface area contributed by atoms with Gasteiger partial charge in [-0.2, -0.15) is 0 Å². The lowest BCUT2D eigenvalue weighted by atomic mass is 10.0. The van der Waals surface area contributed by atoms with Crippen LogP contribution in [0.5, 0.6) is 0 Å². The number of hydrogen-bond acceptors (Lipinski definition) is 3. The first-order valence-corrected chi connectivity index (χ1v) is 7.17. The minimum atomic E-state index is -0.591. The Morgan fingerprint density at radius 3 is 3.05 bits per heavy atom. The topological polar surface area (TPSA) is 42.4 Å². The van der Waals surface area contributed by atoms with E-state index >= 15 is 0 Å². The molecule has 1 unspecified atom stereocenters. The van der Waals surface area contributed by atoms with E-state index in [2.05, 4.69) is 20.9 Å². The molecule has 6 heteroatoms. The number of amides is 1. The van der Waals surface area contributed by atoms with Gasteiger partial charge in [0.1, 0.15) is 0 Å². The summed E-state index contributed by atoms with van der Waals surface area (Å²) in [5, 5.41) is 0.638. The highest BCUT2D eigenvalue weighted by Gasteiger charge is 2.36. The second-order valence-electron chi connectivity index (χ2n) is 5.20. The van der Waals surface area contributed by atoms with E-state index in [1.807, 2.05) is 13.8 Å². The highest BCUT2D eigenvalue weighted by Crippen LogP contribution is 2.23. The zero-order valence-corrected chi connectivity index (χ0v) is 12.5. The highest BCUT2D eigenvalue weighted by atomic mass is 79.9. The number of rotatable bonds is 2. The second-order valence-corrected chi connectivity index (χ2v) is 5.84. The summed E-state index contributed by atoms with van der Waals surface area (Å²) in [6, 6.07) is 1.41. The fourth-order valence-corrected chi connectivity index (χ4v) is 2.59. The Hall–Kier alpha value is -1.01. The Balaban J connectivity index is 2.21. The summed E-state index contributed by atoms with van der Waals surface area (Å²) in [5.74, 6) is -0.908. The van der Waals surface area contributed by atoms with Crippen molar-refractivity contribution in [3.8, 4) is 0 Å². The van der Waals surface area contributed by atoms with Gasteiger partial charge in [0.25, 0.3) is 5.91 Å². The van der Waals surface area contributed by atoms with Gasteiger partial charge in [-0.1, -0.05) is 15.9 Å². The minimum absolute atomic E-state index is 0.0565. The third-order valence-electron chi connectivity index (χ3n) is 2.94. The number of pyridine rings is 1. The summed E-state index contributed by atoms with van der Waals surface area (Å²) < 4.78 is 19.4. The van der Waals surface area contributed by atoms with Gasteiger partial charge in [0.05, 0.1) is 23.5 Å². The first-order valence-electron chi connectivity index (χ1n) is 6.05. The lowest BCUT2D eigenvalue weighted by molar-refractivity contribution is -0.116. The van der Waals surface area contributed by atoms with Crippen molar-refractivity contribution in [2.45, 2.75) is 25.6 Å². The minimum Gasteiger partial charge on any atom is -0.368 e. The van der Waals surface area contributed by atoms with Crippen LogP contribution in [0.2, 0.25) is 0 Å². The lowest BCUT2D eigenvalue weighted by Gasteiger charge is -2.42. The van der Waals surface area contributed by atoms with Crippen molar-refractivity contribution in [2.75, 3.05) is 18.4 Å². The molecule has 0 aromatic carbocycles. The number of ether oxygens (including phenoxy) is 1. The van der Waals surface area contributed by atoms with E-state index in [-0.39, 0.29) is 17.6 Å². The van der Waals surface area contributed by atoms with Crippen LogP contribution in [0.15, 0.2) is 18.5 Å². The molecule has 1 saturated heterocycles. The lowest BCUT2D eigenvalue weighted by Crippen LogP contribution is -2.55. The first-order chi connectivity index (χ1) is 8.93. The van der Waals surface area contributed by atoms with Crippen molar-refractivity contribution >= 4 is 21.8 Å². The molecule has 2 rings (SSSR count). The van der Waals surface area contributed by atoms with Crippen LogP contribution in [0.25, 0.3) is 0 Å². The zero-order chi connectivity index (χ0) is 14.0. The van der Waals surface area contributed by atoms with Crippen LogP contribution in [-0.4, -0.2) is 45.9 Å². The van der Waals surface area contributed by atoms with Crippen molar-refractivity contribution < 1.29 is 13.9 Å². The average molecular weight is 331 g/mol. The molecule has 1 aliphatic rings. The molecule has 0 saturated carbocycles. The molecule has 1 aliphatic heterocycles. The summed E-state index contributed by atoms with van der Waals surface area (Å²) in [4.78, 5) is 17.6.